The maximum Gasteiger partial charge on any atom is 0.469 e. The third kappa shape index (κ3) is 3.45. The maximum atomic E-state index is 13.6. The monoisotopic (exact) mass is 438 g/mol. The summed E-state index contributed by atoms with van der Waals surface area (Å²) in [5.74, 6) is 0.0432. The minimum Gasteiger partial charge on any atom is -0.711 e. The van der Waals surface area contributed by atoms with E-state index in [1.165, 1.54) is 23.1 Å². The second kappa shape index (κ2) is 6.44. The Hall–Kier alpha value is -2.63. The van der Waals surface area contributed by atoms with E-state index in [0.717, 1.165) is 12.3 Å². The van der Waals surface area contributed by atoms with Gasteiger partial charge in [-0.1, -0.05) is 6.07 Å². The highest BCUT2D eigenvalue weighted by Crippen LogP contribution is 2.46. The molecule has 6 nitrogen and oxygen atoms in total. The van der Waals surface area contributed by atoms with Crippen molar-refractivity contribution < 1.29 is 39.8 Å². The van der Waals surface area contributed by atoms with E-state index in [9.17, 15) is 35.6 Å². The van der Waals surface area contributed by atoms with Crippen molar-refractivity contribution in [2.24, 2.45) is 0 Å². The molecule has 0 N–H and O–H groups in total. The number of nitrogens with zero attached hydrogens (tertiary/aromatic N) is 2. The minimum absolute atomic E-state index is 0.00537. The number of benzene rings is 1. The summed E-state index contributed by atoms with van der Waals surface area (Å²) in [4.78, 5) is 0.0524. The van der Waals surface area contributed by atoms with Crippen LogP contribution in [-0.4, -0.2) is 32.0 Å². The van der Waals surface area contributed by atoms with Crippen LogP contribution in [0.2, 0.25) is 0 Å². The molecule has 0 saturated carbocycles. The molecule has 2 heterocycles. The van der Waals surface area contributed by atoms with Crippen LogP contribution in [0.4, 0.5) is 33.5 Å². The number of sulfone groups is 1. The van der Waals surface area contributed by atoms with Crippen molar-refractivity contribution in [1.29, 1.82) is 0 Å². The summed E-state index contributed by atoms with van der Waals surface area (Å²) in [6, 6.07) is 6.60. The van der Waals surface area contributed by atoms with Gasteiger partial charge in [-0.3, -0.25) is 0 Å². The lowest BCUT2D eigenvalue weighted by Crippen LogP contribution is -2.48. The topological polar surface area (TPSA) is 73.5 Å². The molecule has 0 amide bonds. The van der Waals surface area contributed by atoms with Crippen molar-refractivity contribution in [2.75, 3.05) is 11.4 Å². The Morgan fingerprint density at radius 2 is 1.79 bits per heavy atom. The molecule has 1 aliphatic heterocycles. The number of hydrogen-bond acceptors (Lipinski definition) is 5. The van der Waals surface area contributed by atoms with Crippen LogP contribution in [0.5, 0.6) is 5.75 Å². The smallest absolute Gasteiger partial charge is 0.469 e. The maximum absolute atomic E-state index is 13.6. The van der Waals surface area contributed by atoms with Gasteiger partial charge in [-0.2, -0.15) is 22.0 Å². The number of hydrogen-bond donors (Lipinski definition) is 0. The van der Waals surface area contributed by atoms with E-state index >= 15 is 0 Å². The number of alkyl halides is 5. The Kier molecular flexibility index (Phi) is 4.68. The Morgan fingerprint density at radius 1 is 1.14 bits per heavy atom. The molecule has 158 valence electrons. The third-order valence-corrected chi connectivity index (χ3v) is 5.99. The normalized spacial score (nSPS) is 16.9. The zero-order valence-electron chi connectivity index (χ0n) is 15.1. The number of fused-ring (bicyclic) bond motifs is 1. The molecule has 0 unspecified atom stereocenters. The number of anilines is 2. The summed E-state index contributed by atoms with van der Waals surface area (Å²) >= 11 is 0. The molecule has 0 radical (unpaired) electrons. The quantitative estimate of drug-likeness (QED) is 0.416. The summed E-state index contributed by atoms with van der Waals surface area (Å²) < 4.78 is 95.4. The molecule has 0 bridgehead atoms. The molecule has 1 aliphatic rings. The molecule has 12 heteroatoms. The first-order chi connectivity index (χ1) is 13.2. The zero-order chi connectivity index (χ0) is 21.8. The van der Waals surface area contributed by atoms with E-state index in [1.54, 1.807) is 13.8 Å². The molecule has 2 aromatic rings. The van der Waals surface area contributed by atoms with E-state index in [2.05, 4.69) is 0 Å². The molecular weight excluding hydrogens is 423 g/mol. The van der Waals surface area contributed by atoms with E-state index in [4.69, 9.17) is 4.74 Å². The van der Waals surface area contributed by atoms with Gasteiger partial charge in [-0.25, -0.2) is 18.0 Å². The van der Waals surface area contributed by atoms with Crippen LogP contribution in [0.15, 0.2) is 47.5 Å². The Balaban J connectivity index is 2.19. The summed E-state index contributed by atoms with van der Waals surface area (Å²) in [7, 11) is -6.10. The van der Waals surface area contributed by atoms with Crippen molar-refractivity contribution in [1.82, 2.24) is 0 Å². The van der Waals surface area contributed by atoms with Gasteiger partial charge < -0.3 is 9.94 Å². The molecular formula is C17H15F5N2O4S. The van der Waals surface area contributed by atoms with Crippen molar-refractivity contribution in [2.45, 2.75) is 35.8 Å². The van der Waals surface area contributed by atoms with E-state index < -0.39 is 31.8 Å². The van der Waals surface area contributed by atoms with Crippen LogP contribution in [0.1, 0.15) is 13.8 Å². The predicted octanol–water partition coefficient (Wildman–Crippen LogP) is 3.56. The van der Waals surface area contributed by atoms with E-state index in [0.29, 0.717) is 16.9 Å². The minimum atomic E-state index is -6.29. The third-order valence-electron chi connectivity index (χ3n) is 4.20. The number of ether oxygens (including phenoxy) is 1. The molecule has 0 aliphatic carbocycles. The summed E-state index contributed by atoms with van der Waals surface area (Å²) in [6.07, 6.45) is -5.13. The molecule has 0 atom stereocenters. The fourth-order valence-electron chi connectivity index (χ4n) is 2.89. The van der Waals surface area contributed by atoms with Gasteiger partial charge in [0.05, 0.1) is 11.1 Å². The number of halogens is 5. The number of pyridine rings is 1. The molecule has 0 fully saturated rings. The van der Waals surface area contributed by atoms with Crippen molar-refractivity contribution in [3.8, 4) is 5.75 Å². The van der Waals surface area contributed by atoms with Crippen LogP contribution < -0.4 is 14.4 Å². The van der Waals surface area contributed by atoms with Crippen LogP contribution in [0.3, 0.4) is 0 Å². The molecule has 1 aromatic carbocycles. The van der Waals surface area contributed by atoms with E-state index in [-0.39, 0.29) is 23.8 Å². The van der Waals surface area contributed by atoms with Crippen molar-refractivity contribution in [3.05, 3.63) is 47.8 Å². The van der Waals surface area contributed by atoms with Crippen LogP contribution in [0, 0.1) is 5.21 Å². The van der Waals surface area contributed by atoms with Crippen molar-refractivity contribution >= 4 is 21.3 Å². The highest BCUT2D eigenvalue weighted by atomic mass is 32.2. The van der Waals surface area contributed by atoms with Gasteiger partial charge in [0.2, 0.25) is 0 Å². The van der Waals surface area contributed by atoms with Gasteiger partial charge in [-0.15, -0.1) is 0 Å². The van der Waals surface area contributed by atoms with Gasteiger partial charge in [0.1, 0.15) is 12.1 Å². The number of rotatable bonds is 3. The summed E-state index contributed by atoms with van der Waals surface area (Å²) in [5.41, 5.74) is -0.995. The fraction of sp³-hybridized carbons (Fsp3) is 0.353. The van der Waals surface area contributed by atoms with E-state index in [1.807, 2.05) is 0 Å². The average Bonchev–Trinajstić information content (AvgIpc) is 2.59. The van der Waals surface area contributed by atoms with Crippen LogP contribution >= 0.6 is 0 Å². The lowest BCUT2D eigenvalue weighted by Gasteiger charge is -2.36. The Bertz CT molecular complexity index is 1050. The van der Waals surface area contributed by atoms with Gasteiger partial charge in [0, 0.05) is 12.1 Å². The van der Waals surface area contributed by atoms with Gasteiger partial charge in [0.15, 0.2) is 11.4 Å². The molecule has 29 heavy (non-hydrogen) atoms. The number of aromatic nitrogens is 1. The molecule has 3 rings (SSSR count). The lowest BCUT2D eigenvalue weighted by molar-refractivity contribution is -0.592. The average molecular weight is 438 g/mol. The SMILES string of the molecule is CC1(C)CN(c2cccc[n+]2[O-])c2cc(S(=O)(=O)C(F)(F)C(F)(F)F)ccc2O1. The fourth-order valence-corrected chi connectivity index (χ4v) is 4.01. The lowest BCUT2D eigenvalue weighted by atomic mass is 10.1. The van der Waals surface area contributed by atoms with Crippen molar-refractivity contribution in [3.63, 3.8) is 0 Å². The second-order valence-corrected chi connectivity index (χ2v) is 8.97. The summed E-state index contributed by atoms with van der Waals surface area (Å²) in [6.45, 7) is 3.35. The largest absolute Gasteiger partial charge is 0.711 e. The molecule has 0 spiro atoms. The highest BCUT2D eigenvalue weighted by Gasteiger charge is 2.67. The second-order valence-electron chi connectivity index (χ2n) is 6.98. The molecule has 1 aromatic heterocycles. The highest BCUT2D eigenvalue weighted by molar-refractivity contribution is 7.92. The first-order valence-corrected chi connectivity index (χ1v) is 9.64. The van der Waals surface area contributed by atoms with Crippen LogP contribution in [0.25, 0.3) is 0 Å². The Labute approximate surface area is 162 Å². The molecule has 0 saturated heterocycles. The van der Waals surface area contributed by atoms with Gasteiger partial charge in [-0.05, 0) is 32.0 Å². The zero-order valence-corrected chi connectivity index (χ0v) is 15.9. The first-order valence-electron chi connectivity index (χ1n) is 8.15. The Morgan fingerprint density at radius 3 is 2.38 bits per heavy atom. The predicted molar refractivity (Wildman–Crippen MR) is 91.7 cm³/mol. The van der Waals surface area contributed by atoms with Crippen LogP contribution in [-0.2, 0) is 9.84 Å². The standard InChI is InChI=1S/C17H15F5N2O4S/c1-15(2)10-23(14-5-3-4-8-24(14)25)12-9-11(6-7-13(12)28-15)29(26,27)17(21,22)16(18,19)20/h3-9H,10H2,1-2H3. The summed E-state index contributed by atoms with van der Waals surface area (Å²) in [5, 5.41) is 6.17. The van der Waals surface area contributed by atoms with Gasteiger partial charge >= 0.3 is 11.4 Å². The first kappa shape index (κ1) is 21.1. The van der Waals surface area contributed by atoms with Gasteiger partial charge in [0.25, 0.3) is 15.7 Å².